The van der Waals surface area contributed by atoms with Crippen LogP contribution in [0.3, 0.4) is 0 Å². The number of rotatable bonds is 6. The Morgan fingerprint density at radius 2 is 1.52 bits per heavy atom. The van der Waals surface area contributed by atoms with Gasteiger partial charge in [-0.3, -0.25) is 4.98 Å². The SMILES string of the molecule is CCCC(=Nc1c(-n2c3ccccc3c3c4c(ccc32)ccn4-c2ccccc2)ccnc1C)c1ccccc1. The zero-order chi connectivity index (χ0) is 27.1. The number of pyridine rings is 1. The van der Waals surface area contributed by atoms with E-state index in [1.807, 2.05) is 6.20 Å². The van der Waals surface area contributed by atoms with Gasteiger partial charge in [0.05, 0.1) is 27.9 Å². The van der Waals surface area contributed by atoms with Gasteiger partial charge in [0.25, 0.3) is 0 Å². The molecule has 0 amide bonds. The molecule has 0 saturated carbocycles. The van der Waals surface area contributed by atoms with Crippen LogP contribution in [0.25, 0.3) is 44.1 Å². The van der Waals surface area contributed by atoms with Crippen LogP contribution in [0.4, 0.5) is 5.69 Å². The number of benzene rings is 4. The maximum absolute atomic E-state index is 5.33. The zero-order valence-electron chi connectivity index (χ0n) is 22.8. The Labute approximate surface area is 233 Å². The first-order valence-electron chi connectivity index (χ1n) is 13.9. The lowest BCUT2D eigenvalue weighted by atomic mass is 10.1. The summed E-state index contributed by atoms with van der Waals surface area (Å²) < 4.78 is 4.68. The lowest BCUT2D eigenvalue weighted by Gasteiger charge is -2.14. The first-order valence-corrected chi connectivity index (χ1v) is 13.9. The Morgan fingerprint density at radius 3 is 2.33 bits per heavy atom. The summed E-state index contributed by atoms with van der Waals surface area (Å²) in [5.74, 6) is 0. The molecular weight excluding hydrogens is 488 g/mol. The Morgan fingerprint density at radius 1 is 0.775 bits per heavy atom. The third kappa shape index (κ3) is 3.92. The van der Waals surface area contributed by atoms with E-state index in [0.717, 1.165) is 57.9 Å². The third-order valence-corrected chi connectivity index (χ3v) is 7.69. The molecule has 194 valence electrons. The van der Waals surface area contributed by atoms with E-state index < -0.39 is 0 Å². The van der Waals surface area contributed by atoms with Crippen molar-refractivity contribution in [1.82, 2.24) is 14.1 Å². The number of aryl methyl sites for hydroxylation is 1. The third-order valence-electron chi connectivity index (χ3n) is 7.69. The van der Waals surface area contributed by atoms with Gasteiger partial charge in [0.2, 0.25) is 0 Å². The van der Waals surface area contributed by atoms with Crippen LogP contribution in [-0.2, 0) is 0 Å². The van der Waals surface area contributed by atoms with Gasteiger partial charge in [-0.15, -0.1) is 0 Å². The van der Waals surface area contributed by atoms with Crippen molar-refractivity contribution in [3.05, 3.63) is 133 Å². The van der Waals surface area contributed by atoms with E-state index in [-0.39, 0.29) is 0 Å². The average Bonchev–Trinajstić information content (AvgIpc) is 3.58. The van der Waals surface area contributed by atoms with Crippen molar-refractivity contribution in [2.75, 3.05) is 0 Å². The largest absolute Gasteiger partial charge is 0.316 e. The van der Waals surface area contributed by atoms with E-state index >= 15 is 0 Å². The van der Waals surface area contributed by atoms with Gasteiger partial charge in [-0.2, -0.15) is 0 Å². The molecule has 0 unspecified atom stereocenters. The quantitative estimate of drug-likeness (QED) is 0.202. The lowest BCUT2D eigenvalue weighted by Crippen LogP contribution is -2.03. The lowest BCUT2D eigenvalue weighted by molar-refractivity contribution is 0.990. The fraction of sp³-hybridized carbons (Fsp3) is 0.111. The van der Waals surface area contributed by atoms with Gasteiger partial charge < -0.3 is 9.13 Å². The Hall–Kier alpha value is -4.96. The minimum absolute atomic E-state index is 0.899. The molecule has 0 aliphatic heterocycles. The maximum Gasteiger partial charge on any atom is 0.109 e. The van der Waals surface area contributed by atoms with Gasteiger partial charge in [0.15, 0.2) is 0 Å². The Balaban J connectivity index is 1.56. The number of hydrogen-bond donors (Lipinski definition) is 0. The number of hydrogen-bond acceptors (Lipinski definition) is 2. The van der Waals surface area contributed by atoms with Gasteiger partial charge in [-0.1, -0.05) is 86.1 Å². The van der Waals surface area contributed by atoms with Gasteiger partial charge in [-0.05, 0) is 55.3 Å². The molecule has 7 aromatic rings. The Bertz CT molecular complexity index is 2010. The van der Waals surface area contributed by atoms with E-state index in [1.165, 1.54) is 21.7 Å². The number of para-hydroxylation sites is 2. The molecule has 3 heterocycles. The summed E-state index contributed by atoms with van der Waals surface area (Å²) in [6.07, 6.45) is 5.99. The van der Waals surface area contributed by atoms with Crippen molar-refractivity contribution in [1.29, 1.82) is 0 Å². The van der Waals surface area contributed by atoms with Crippen LogP contribution in [0.15, 0.2) is 127 Å². The molecule has 40 heavy (non-hydrogen) atoms. The first kappa shape index (κ1) is 24.1. The van der Waals surface area contributed by atoms with Gasteiger partial charge in [-0.25, -0.2) is 4.99 Å². The summed E-state index contributed by atoms with van der Waals surface area (Å²) in [5.41, 5.74) is 9.79. The molecule has 0 aliphatic carbocycles. The topological polar surface area (TPSA) is 35.1 Å². The molecule has 0 spiro atoms. The molecule has 4 heteroatoms. The van der Waals surface area contributed by atoms with Gasteiger partial charge in [0.1, 0.15) is 5.69 Å². The minimum Gasteiger partial charge on any atom is -0.316 e. The predicted molar refractivity (Wildman–Crippen MR) is 168 cm³/mol. The highest BCUT2D eigenvalue weighted by Crippen LogP contribution is 2.40. The second-order valence-corrected chi connectivity index (χ2v) is 10.2. The molecule has 7 rings (SSSR count). The fourth-order valence-corrected chi connectivity index (χ4v) is 5.88. The average molecular weight is 519 g/mol. The summed E-state index contributed by atoms with van der Waals surface area (Å²) >= 11 is 0. The summed E-state index contributed by atoms with van der Waals surface area (Å²) in [5, 5.41) is 3.68. The van der Waals surface area contributed by atoms with E-state index in [4.69, 9.17) is 4.99 Å². The summed E-state index contributed by atoms with van der Waals surface area (Å²) in [6.45, 7) is 4.26. The predicted octanol–water partition coefficient (Wildman–Crippen LogP) is 9.35. The molecule has 3 aromatic heterocycles. The van der Waals surface area contributed by atoms with Crippen LogP contribution >= 0.6 is 0 Å². The molecule has 0 N–H and O–H groups in total. The monoisotopic (exact) mass is 518 g/mol. The smallest absolute Gasteiger partial charge is 0.109 e. The van der Waals surface area contributed by atoms with Crippen LogP contribution in [-0.4, -0.2) is 19.8 Å². The van der Waals surface area contributed by atoms with Gasteiger partial charge in [0, 0.05) is 40.0 Å². The molecule has 0 radical (unpaired) electrons. The molecular formula is C36H30N4. The zero-order valence-corrected chi connectivity index (χ0v) is 22.8. The molecule has 4 nitrogen and oxygen atoms in total. The highest BCUT2D eigenvalue weighted by Gasteiger charge is 2.20. The second-order valence-electron chi connectivity index (χ2n) is 10.2. The molecule has 0 saturated heterocycles. The van der Waals surface area contributed by atoms with E-state index in [2.05, 4.69) is 143 Å². The van der Waals surface area contributed by atoms with Crippen molar-refractivity contribution in [2.45, 2.75) is 26.7 Å². The highest BCUT2D eigenvalue weighted by atomic mass is 15.0. The Kier molecular flexibility index (Phi) is 6.01. The van der Waals surface area contributed by atoms with Crippen molar-refractivity contribution < 1.29 is 0 Å². The molecule has 0 atom stereocenters. The van der Waals surface area contributed by atoms with Crippen molar-refractivity contribution in [2.24, 2.45) is 4.99 Å². The summed E-state index contributed by atoms with van der Waals surface area (Å²) in [4.78, 5) is 10.0. The minimum atomic E-state index is 0.899. The molecule has 0 bridgehead atoms. The van der Waals surface area contributed by atoms with Crippen LogP contribution in [0.5, 0.6) is 0 Å². The van der Waals surface area contributed by atoms with Crippen LogP contribution in [0, 0.1) is 6.92 Å². The van der Waals surface area contributed by atoms with Gasteiger partial charge >= 0.3 is 0 Å². The van der Waals surface area contributed by atoms with Crippen molar-refractivity contribution in [3.63, 3.8) is 0 Å². The molecule has 4 aromatic carbocycles. The summed E-state index contributed by atoms with van der Waals surface area (Å²) in [7, 11) is 0. The number of fused-ring (bicyclic) bond motifs is 5. The maximum atomic E-state index is 5.33. The number of nitrogens with zero attached hydrogens (tertiary/aromatic N) is 4. The summed E-state index contributed by atoms with van der Waals surface area (Å²) in [6, 6.07) is 38.6. The molecule has 0 aliphatic rings. The van der Waals surface area contributed by atoms with Crippen LogP contribution in [0.2, 0.25) is 0 Å². The van der Waals surface area contributed by atoms with E-state index in [9.17, 15) is 0 Å². The number of aromatic nitrogens is 3. The second kappa shape index (κ2) is 9.97. The van der Waals surface area contributed by atoms with Crippen LogP contribution < -0.4 is 0 Å². The fourth-order valence-electron chi connectivity index (χ4n) is 5.88. The first-order chi connectivity index (χ1) is 19.7. The van der Waals surface area contributed by atoms with E-state index in [0.29, 0.717) is 0 Å². The highest BCUT2D eigenvalue weighted by molar-refractivity contribution is 6.21. The number of aliphatic imine (C=N–C) groups is 1. The van der Waals surface area contributed by atoms with Crippen molar-refractivity contribution >= 4 is 44.1 Å². The molecule has 0 fully saturated rings. The normalized spacial score (nSPS) is 12.1. The van der Waals surface area contributed by atoms with Crippen LogP contribution in [0.1, 0.15) is 31.0 Å². The van der Waals surface area contributed by atoms with E-state index in [1.54, 1.807) is 0 Å². The van der Waals surface area contributed by atoms with Crippen molar-refractivity contribution in [3.8, 4) is 11.4 Å². The standard InChI is InChI=1S/C36H30N4/c1-3-12-30(26-13-6-4-7-14-26)38-35-25(2)37-23-21-33(35)40-31-18-11-10-17-29(31)34-32(40)20-19-27-22-24-39(36(27)34)28-15-8-5-9-16-28/h4-11,13-24H,3,12H2,1-2H3.